The highest BCUT2D eigenvalue weighted by molar-refractivity contribution is 7.92. The van der Waals surface area contributed by atoms with Crippen LogP contribution in [0.4, 0.5) is 5.69 Å². The molecule has 0 unspecified atom stereocenters. The molecule has 3 rings (SSSR count). The summed E-state index contributed by atoms with van der Waals surface area (Å²) in [5.41, 5.74) is 4.00. The van der Waals surface area contributed by atoms with Crippen LogP contribution in [0, 0.1) is 20.8 Å². The number of hydrogen-bond donors (Lipinski definition) is 1. The van der Waals surface area contributed by atoms with Crippen molar-refractivity contribution >= 4 is 21.6 Å². The summed E-state index contributed by atoms with van der Waals surface area (Å²) in [5.74, 6) is 0.701. The molecule has 7 nitrogen and oxygen atoms in total. The summed E-state index contributed by atoms with van der Waals surface area (Å²) >= 11 is 0. The first-order valence-electron chi connectivity index (χ1n) is 11.2. The van der Waals surface area contributed by atoms with Gasteiger partial charge < -0.3 is 14.8 Å². The van der Waals surface area contributed by atoms with Crippen LogP contribution in [0.2, 0.25) is 0 Å². The molecule has 0 heterocycles. The number of methoxy groups -OCH3 is 2. The van der Waals surface area contributed by atoms with Gasteiger partial charge in [-0.3, -0.25) is 9.10 Å². The number of anilines is 1. The molecule has 1 atom stereocenters. The van der Waals surface area contributed by atoms with Crippen molar-refractivity contribution in [3.05, 3.63) is 82.9 Å². The quantitative estimate of drug-likeness (QED) is 0.464. The third kappa shape index (κ3) is 6.14. The molecular weight excluding hydrogens is 464 g/mol. The normalized spacial score (nSPS) is 12.1. The van der Waals surface area contributed by atoms with Crippen molar-refractivity contribution in [2.24, 2.45) is 0 Å². The highest BCUT2D eigenvalue weighted by atomic mass is 32.2. The first kappa shape index (κ1) is 26.1. The molecule has 0 fully saturated rings. The molecule has 186 valence electrons. The SMILES string of the molecule is COc1ccc([C@@H](C)NC(=O)CN(c2cc(C)cc(C)c2)S(=O)(=O)c2ccc(C)cc2)cc1OC. The van der Waals surface area contributed by atoms with E-state index in [1.54, 1.807) is 62.8 Å². The fourth-order valence-electron chi connectivity index (χ4n) is 3.87. The fourth-order valence-corrected chi connectivity index (χ4v) is 5.27. The molecule has 0 aliphatic heterocycles. The molecule has 1 N–H and O–H groups in total. The van der Waals surface area contributed by atoms with Crippen molar-refractivity contribution in [2.75, 3.05) is 25.1 Å². The van der Waals surface area contributed by atoms with Gasteiger partial charge in [0.25, 0.3) is 10.0 Å². The van der Waals surface area contributed by atoms with Crippen LogP contribution in [0.1, 0.15) is 35.2 Å². The molecule has 0 aromatic heterocycles. The van der Waals surface area contributed by atoms with Gasteiger partial charge in [-0.25, -0.2) is 8.42 Å². The molecule has 3 aromatic rings. The van der Waals surface area contributed by atoms with Crippen molar-refractivity contribution in [2.45, 2.75) is 38.6 Å². The van der Waals surface area contributed by atoms with Gasteiger partial charge in [-0.15, -0.1) is 0 Å². The topological polar surface area (TPSA) is 84.9 Å². The van der Waals surface area contributed by atoms with E-state index in [0.717, 1.165) is 26.6 Å². The summed E-state index contributed by atoms with van der Waals surface area (Å²) in [4.78, 5) is 13.2. The predicted octanol–water partition coefficient (Wildman–Crippen LogP) is 4.70. The molecule has 0 aliphatic carbocycles. The Kier molecular flexibility index (Phi) is 8.07. The minimum atomic E-state index is -3.98. The number of hydrogen-bond acceptors (Lipinski definition) is 5. The van der Waals surface area contributed by atoms with Crippen molar-refractivity contribution in [3.63, 3.8) is 0 Å². The van der Waals surface area contributed by atoms with Crippen molar-refractivity contribution in [3.8, 4) is 11.5 Å². The first-order valence-corrected chi connectivity index (χ1v) is 12.7. The zero-order valence-corrected chi connectivity index (χ0v) is 21.8. The van der Waals surface area contributed by atoms with Gasteiger partial charge in [0.2, 0.25) is 5.91 Å². The number of amides is 1. The van der Waals surface area contributed by atoms with Crippen molar-refractivity contribution in [1.29, 1.82) is 0 Å². The highest BCUT2D eigenvalue weighted by Crippen LogP contribution is 2.30. The lowest BCUT2D eigenvalue weighted by Gasteiger charge is -2.26. The first-order chi connectivity index (χ1) is 16.5. The molecule has 8 heteroatoms. The molecule has 35 heavy (non-hydrogen) atoms. The fraction of sp³-hybridized carbons (Fsp3) is 0.296. The molecule has 0 bridgehead atoms. The predicted molar refractivity (Wildman–Crippen MR) is 138 cm³/mol. The van der Waals surface area contributed by atoms with E-state index >= 15 is 0 Å². The second-order valence-corrected chi connectivity index (χ2v) is 10.4. The maximum Gasteiger partial charge on any atom is 0.264 e. The Labute approximate surface area is 207 Å². The number of aryl methyl sites for hydroxylation is 3. The van der Waals surface area contributed by atoms with E-state index in [9.17, 15) is 13.2 Å². The third-order valence-corrected chi connectivity index (χ3v) is 7.46. The van der Waals surface area contributed by atoms with E-state index in [0.29, 0.717) is 17.2 Å². The Bertz CT molecular complexity index is 1280. The van der Waals surface area contributed by atoms with E-state index in [4.69, 9.17) is 9.47 Å². The van der Waals surface area contributed by atoms with Crippen LogP contribution < -0.4 is 19.1 Å². The molecule has 3 aromatic carbocycles. The van der Waals surface area contributed by atoms with Gasteiger partial charge in [0, 0.05) is 0 Å². The second-order valence-electron chi connectivity index (χ2n) is 8.57. The number of ether oxygens (including phenoxy) is 2. The third-order valence-electron chi connectivity index (χ3n) is 5.68. The molecule has 0 saturated heterocycles. The van der Waals surface area contributed by atoms with Gasteiger partial charge in [0.05, 0.1) is 30.8 Å². The summed E-state index contributed by atoms with van der Waals surface area (Å²) in [6, 6.07) is 17.1. The van der Waals surface area contributed by atoms with E-state index in [1.165, 1.54) is 0 Å². The highest BCUT2D eigenvalue weighted by Gasteiger charge is 2.28. The Morgan fingerprint density at radius 1 is 0.857 bits per heavy atom. The average Bonchev–Trinajstić information content (AvgIpc) is 2.81. The van der Waals surface area contributed by atoms with Gasteiger partial charge in [-0.2, -0.15) is 0 Å². The zero-order chi connectivity index (χ0) is 25.8. The van der Waals surface area contributed by atoms with E-state index in [2.05, 4.69) is 5.32 Å². The number of carbonyl (C=O) groups is 1. The van der Waals surface area contributed by atoms with E-state index in [-0.39, 0.29) is 17.5 Å². The molecular formula is C27H32N2O5S. The van der Waals surface area contributed by atoms with Gasteiger partial charge in [0.15, 0.2) is 11.5 Å². The van der Waals surface area contributed by atoms with Crippen LogP contribution >= 0.6 is 0 Å². The lowest BCUT2D eigenvalue weighted by Crippen LogP contribution is -2.41. The number of benzene rings is 3. The second kappa shape index (κ2) is 10.8. The summed E-state index contributed by atoms with van der Waals surface area (Å²) in [5, 5.41) is 2.91. The summed E-state index contributed by atoms with van der Waals surface area (Å²) in [6.07, 6.45) is 0. The Morgan fingerprint density at radius 3 is 2.03 bits per heavy atom. The van der Waals surface area contributed by atoms with Gasteiger partial charge in [0.1, 0.15) is 6.54 Å². The molecule has 1 amide bonds. The van der Waals surface area contributed by atoms with Crippen LogP contribution in [0.25, 0.3) is 0 Å². The van der Waals surface area contributed by atoms with Crippen molar-refractivity contribution in [1.82, 2.24) is 5.32 Å². The maximum absolute atomic E-state index is 13.6. The number of rotatable bonds is 9. The Balaban J connectivity index is 1.91. The lowest BCUT2D eigenvalue weighted by molar-refractivity contribution is -0.120. The Hall–Kier alpha value is -3.52. The monoisotopic (exact) mass is 496 g/mol. The summed E-state index contributed by atoms with van der Waals surface area (Å²) < 4.78 is 39.0. The lowest BCUT2D eigenvalue weighted by atomic mass is 10.1. The number of sulfonamides is 1. The number of nitrogens with one attached hydrogen (secondary N) is 1. The van der Waals surface area contributed by atoms with Gasteiger partial charge >= 0.3 is 0 Å². The van der Waals surface area contributed by atoms with Gasteiger partial charge in [-0.1, -0.05) is 29.8 Å². The standard InChI is InChI=1S/C27H32N2O5S/c1-18-7-10-24(11-8-18)35(31,32)29(23-14-19(2)13-20(3)15-23)17-27(30)28-21(4)22-9-12-25(33-5)26(16-22)34-6/h7-16,21H,17H2,1-6H3,(H,28,30)/t21-/m1/s1. The number of carbonyl (C=O) groups excluding carboxylic acids is 1. The largest absolute Gasteiger partial charge is 0.493 e. The minimum absolute atomic E-state index is 0.128. The van der Waals surface area contributed by atoms with Gasteiger partial charge in [-0.05, 0) is 80.8 Å². The number of nitrogens with zero attached hydrogens (tertiary/aromatic N) is 1. The molecule has 0 saturated carbocycles. The van der Waals surface area contributed by atoms with E-state index in [1.807, 2.05) is 39.8 Å². The zero-order valence-electron chi connectivity index (χ0n) is 21.0. The summed E-state index contributed by atoms with van der Waals surface area (Å²) in [6.45, 7) is 7.14. The Morgan fingerprint density at radius 2 is 1.46 bits per heavy atom. The van der Waals surface area contributed by atoms with Crippen molar-refractivity contribution < 1.29 is 22.7 Å². The van der Waals surface area contributed by atoms with Crippen LogP contribution in [0.3, 0.4) is 0 Å². The minimum Gasteiger partial charge on any atom is -0.493 e. The van der Waals surface area contributed by atoms with Crippen LogP contribution in [0.15, 0.2) is 65.6 Å². The molecule has 0 spiro atoms. The smallest absolute Gasteiger partial charge is 0.264 e. The average molecular weight is 497 g/mol. The van der Waals surface area contributed by atoms with Crippen LogP contribution in [0.5, 0.6) is 11.5 Å². The summed E-state index contributed by atoms with van der Waals surface area (Å²) in [7, 11) is -0.885. The van der Waals surface area contributed by atoms with Crippen LogP contribution in [-0.2, 0) is 14.8 Å². The molecule has 0 radical (unpaired) electrons. The molecule has 0 aliphatic rings. The van der Waals surface area contributed by atoms with Crippen LogP contribution in [-0.4, -0.2) is 35.1 Å². The van der Waals surface area contributed by atoms with E-state index < -0.39 is 15.9 Å². The maximum atomic E-state index is 13.6.